The normalized spacial score (nSPS) is 9.67. The topological polar surface area (TPSA) is 35.2 Å². The molecular weight excluding hydrogens is 269 g/mol. The molecule has 0 fully saturated rings. The van der Waals surface area contributed by atoms with Gasteiger partial charge in [0.25, 0.3) is 0 Å². The van der Waals surface area contributed by atoms with Crippen molar-refractivity contribution in [3.8, 4) is 5.75 Å². The Morgan fingerprint density at radius 3 is 2.44 bits per heavy atom. The van der Waals surface area contributed by atoms with Gasteiger partial charge in [-0.2, -0.15) is 0 Å². The van der Waals surface area contributed by atoms with Crippen molar-refractivity contribution < 1.29 is 4.74 Å². The number of rotatable bonds is 3. The molecule has 2 aromatic carbocycles. The van der Waals surface area contributed by atoms with Gasteiger partial charge in [-0.05, 0) is 24.6 Å². The Kier molecular flexibility index (Phi) is 5.32. The second-order valence-corrected chi connectivity index (χ2v) is 4.27. The lowest BCUT2D eigenvalue weighted by atomic mass is 10.2. The summed E-state index contributed by atoms with van der Waals surface area (Å²) in [5.41, 5.74) is 8.46. The summed E-state index contributed by atoms with van der Waals surface area (Å²) in [5.74, 6) is 0.668. The van der Waals surface area contributed by atoms with E-state index in [0.29, 0.717) is 23.1 Å². The predicted molar refractivity (Wildman–Crippen MR) is 78.6 cm³/mol. The number of hydrogen-bond donors (Lipinski definition) is 1. The molecule has 96 valence electrons. The molecule has 0 aliphatic rings. The monoisotopic (exact) mass is 283 g/mol. The van der Waals surface area contributed by atoms with Crippen molar-refractivity contribution >= 4 is 29.7 Å². The first kappa shape index (κ1) is 14.7. The van der Waals surface area contributed by atoms with Gasteiger partial charge in [0.2, 0.25) is 0 Å². The number of benzene rings is 2. The average molecular weight is 284 g/mol. The predicted octanol–water partition coefficient (Wildman–Crippen LogP) is 4.23. The first-order valence-corrected chi connectivity index (χ1v) is 5.77. The quantitative estimate of drug-likeness (QED) is 0.856. The van der Waals surface area contributed by atoms with E-state index in [1.54, 1.807) is 12.1 Å². The van der Waals surface area contributed by atoms with Crippen LogP contribution in [0.3, 0.4) is 0 Å². The van der Waals surface area contributed by atoms with Gasteiger partial charge in [-0.25, -0.2) is 0 Å². The summed E-state index contributed by atoms with van der Waals surface area (Å²) in [7, 11) is 0. The van der Waals surface area contributed by atoms with E-state index in [2.05, 4.69) is 0 Å². The van der Waals surface area contributed by atoms with E-state index in [4.69, 9.17) is 22.1 Å². The fourth-order valence-electron chi connectivity index (χ4n) is 1.61. The largest absolute Gasteiger partial charge is 0.486 e. The van der Waals surface area contributed by atoms with Crippen LogP contribution >= 0.6 is 24.0 Å². The van der Waals surface area contributed by atoms with Gasteiger partial charge < -0.3 is 10.5 Å². The van der Waals surface area contributed by atoms with E-state index in [1.165, 1.54) is 0 Å². The van der Waals surface area contributed by atoms with Crippen LogP contribution in [0.4, 0.5) is 5.69 Å². The SMILES string of the molecule is Cc1c(Cl)ccc(N)c1OCc1ccccc1.Cl. The van der Waals surface area contributed by atoms with Gasteiger partial charge >= 0.3 is 0 Å². The number of nitrogens with two attached hydrogens (primary N) is 1. The molecule has 2 nitrogen and oxygen atoms in total. The highest BCUT2D eigenvalue weighted by Gasteiger charge is 2.08. The minimum Gasteiger partial charge on any atom is -0.486 e. The first-order chi connectivity index (χ1) is 8.18. The maximum Gasteiger partial charge on any atom is 0.147 e. The van der Waals surface area contributed by atoms with Crippen LogP contribution in [-0.4, -0.2) is 0 Å². The third-order valence-electron chi connectivity index (χ3n) is 2.60. The molecule has 0 aromatic heterocycles. The number of anilines is 1. The minimum atomic E-state index is 0. The third kappa shape index (κ3) is 3.31. The first-order valence-electron chi connectivity index (χ1n) is 5.40. The molecule has 0 amide bonds. The zero-order chi connectivity index (χ0) is 12.3. The van der Waals surface area contributed by atoms with Crippen LogP contribution in [0.5, 0.6) is 5.75 Å². The molecule has 0 spiro atoms. The summed E-state index contributed by atoms with van der Waals surface area (Å²) < 4.78 is 5.72. The van der Waals surface area contributed by atoms with Crippen LogP contribution in [0.25, 0.3) is 0 Å². The van der Waals surface area contributed by atoms with Crippen molar-refractivity contribution in [3.63, 3.8) is 0 Å². The van der Waals surface area contributed by atoms with E-state index in [-0.39, 0.29) is 12.4 Å². The highest BCUT2D eigenvalue weighted by molar-refractivity contribution is 6.31. The molecule has 0 aliphatic heterocycles. The molecule has 2 rings (SSSR count). The summed E-state index contributed by atoms with van der Waals surface area (Å²) in [6.45, 7) is 2.39. The molecule has 2 aromatic rings. The van der Waals surface area contributed by atoms with Gasteiger partial charge in [-0.3, -0.25) is 0 Å². The van der Waals surface area contributed by atoms with Crippen molar-refractivity contribution in [2.75, 3.05) is 5.73 Å². The third-order valence-corrected chi connectivity index (χ3v) is 3.01. The van der Waals surface area contributed by atoms with Crippen LogP contribution in [0, 0.1) is 6.92 Å². The molecule has 0 atom stereocenters. The summed E-state index contributed by atoms with van der Waals surface area (Å²) in [6.07, 6.45) is 0. The van der Waals surface area contributed by atoms with Gasteiger partial charge in [-0.1, -0.05) is 41.9 Å². The molecule has 0 saturated heterocycles. The Morgan fingerprint density at radius 2 is 1.78 bits per heavy atom. The fraction of sp³-hybridized carbons (Fsp3) is 0.143. The van der Waals surface area contributed by atoms with E-state index >= 15 is 0 Å². The lowest BCUT2D eigenvalue weighted by molar-refractivity contribution is 0.306. The second kappa shape index (κ2) is 6.53. The van der Waals surface area contributed by atoms with Gasteiger partial charge in [0, 0.05) is 10.6 Å². The standard InChI is InChI=1S/C14H14ClNO.ClH/c1-10-12(15)7-8-13(16)14(10)17-9-11-5-3-2-4-6-11;/h2-8H,9,16H2,1H3;1H. The van der Waals surface area contributed by atoms with Gasteiger partial charge in [0.05, 0.1) is 5.69 Å². The highest BCUT2D eigenvalue weighted by atomic mass is 35.5. The number of nitrogen functional groups attached to an aromatic ring is 1. The Bertz CT molecular complexity index is 515. The van der Waals surface area contributed by atoms with Crippen LogP contribution in [0.15, 0.2) is 42.5 Å². The molecule has 2 N–H and O–H groups in total. The van der Waals surface area contributed by atoms with Gasteiger partial charge in [-0.15, -0.1) is 12.4 Å². The van der Waals surface area contributed by atoms with Crippen molar-refractivity contribution in [1.82, 2.24) is 0 Å². The molecule has 0 aliphatic carbocycles. The van der Waals surface area contributed by atoms with Gasteiger partial charge in [0.15, 0.2) is 0 Å². The molecule has 0 saturated carbocycles. The van der Waals surface area contributed by atoms with Crippen LogP contribution in [0.2, 0.25) is 5.02 Å². The molecule has 0 heterocycles. The lowest BCUT2D eigenvalue weighted by Gasteiger charge is -2.12. The molecule has 0 unspecified atom stereocenters. The lowest BCUT2D eigenvalue weighted by Crippen LogP contribution is -2.00. The molecule has 0 radical (unpaired) electrons. The maximum atomic E-state index is 6.03. The Labute approximate surface area is 118 Å². The number of halogens is 2. The van der Waals surface area contributed by atoms with Crippen molar-refractivity contribution in [2.45, 2.75) is 13.5 Å². The summed E-state index contributed by atoms with van der Waals surface area (Å²) >= 11 is 6.03. The summed E-state index contributed by atoms with van der Waals surface area (Å²) in [5, 5.41) is 0.669. The summed E-state index contributed by atoms with van der Waals surface area (Å²) in [6, 6.07) is 13.5. The van der Waals surface area contributed by atoms with Crippen molar-refractivity contribution in [2.24, 2.45) is 0 Å². The van der Waals surface area contributed by atoms with Crippen LogP contribution < -0.4 is 10.5 Å². The van der Waals surface area contributed by atoms with Crippen molar-refractivity contribution in [1.29, 1.82) is 0 Å². The summed E-state index contributed by atoms with van der Waals surface area (Å²) in [4.78, 5) is 0. The number of hydrogen-bond acceptors (Lipinski definition) is 2. The van der Waals surface area contributed by atoms with Crippen molar-refractivity contribution in [3.05, 3.63) is 58.6 Å². The minimum absolute atomic E-state index is 0. The Balaban J connectivity index is 0.00000162. The smallest absolute Gasteiger partial charge is 0.147 e. The number of ether oxygens (including phenoxy) is 1. The second-order valence-electron chi connectivity index (χ2n) is 3.87. The van der Waals surface area contributed by atoms with Crippen LogP contribution in [0.1, 0.15) is 11.1 Å². The molecular formula is C14H15Cl2NO. The highest BCUT2D eigenvalue weighted by Crippen LogP contribution is 2.32. The van der Waals surface area contributed by atoms with E-state index < -0.39 is 0 Å². The van der Waals surface area contributed by atoms with E-state index in [9.17, 15) is 0 Å². The van der Waals surface area contributed by atoms with E-state index in [0.717, 1.165) is 11.1 Å². The van der Waals surface area contributed by atoms with Crippen LogP contribution in [-0.2, 0) is 6.61 Å². The van der Waals surface area contributed by atoms with Gasteiger partial charge in [0.1, 0.15) is 12.4 Å². The molecule has 18 heavy (non-hydrogen) atoms. The fourth-order valence-corrected chi connectivity index (χ4v) is 1.76. The van der Waals surface area contributed by atoms with E-state index in [1.807, 2.05) is 37.3 Å². The Hall–Kier alpha value is -1.38. The molecule has 0 bridgehead atoms. The zero-order valence-electron chi connectivity index (χ0n) is 10.0. The Morgan fingerprint density at radius 1 is 1.11 bits per heavy atom. The molecule has 4 heteroatoms. The average Bonchev–Trinajstić information content (AvgIpc) is 2.35. The maximum absolute atomic E-state index is 6.03. The zero-order valence-corrected chi connectivity index (χ0v) is 11.6.